The Balaban J connectivity index is 1.55. The standard InChI is InChI=1S/C19H26F2N4O3/c1-28-12-11-24-8-5-17(18(24)26)23-6-2-7-25(10-9-23)19(27)22-16-13-14(20)3-4-15(16)21/h3-4,13,17H,2,5-12H2,1H3,(H,22,27)/t17-/m1/s1. The fraction of sp³-hybridized carbons (Fsp3) is 0.579. The van der Waals surface area contributed by atoms with E-state index in [-0.39, 0.29) is 17.6 Å². The number of hydrogen-bond donors (Lipinski definition) is 1. The van der Waals surface area contributed by atoms with Crippen molar-refractivity contribution in [2.24, 2.45) is 0 Å². The van der Waals surface area contributed by atoms with Crippen LogP contribution in [0.3, 0.4) is 0 Å². The highest BCUT2D eigenvalue weighted by Crippen LogP contribution is 2.20. The molecular formula is C19H26F2N4O3. The van der Waals surface area contributed by atoms with E-state index in [4.69, 9.17) is 4.74 Å². The highest BCUT2D eigenvalue weighted by molar-refractivity contribution is 5.89. The molecule has 2 fully saturated rings. The van der Waals surface area contributed by atoms with Crippen LogP contribution in [0.2, 0.25) is 0 Å². The molecular weight excluding hydrogens is 370 g/mol. The van der Waals surface area contributed by atoms with Crippen molar-refractivity contribution in [1.29, 1.82) is 0 Å². The number of carbonyl (C=O) groups is 2. The fourth-order valence-electron chi connectivity index (χ4n) is 3.72. The Hall–Kier alpha value is -2.26. The summed E-state index contributed by atoms with van der Waals surface area (Å²) in [5.41, 5.74) is -0.175. The van der Waals surface area contributed by atoms with Gasteiger partial charge in [0.15, 0.2) is 0 Å². The molecule has 28 heavy (non-hydrogen) atoms. The molecule has 1 N–H and O–H groups in total. The molecule has 154 valence electrons. The van der Waals surface area contributed by atoms with Gasteiger partial charge in [-0.1, -0.05) is 0 Å². The van der Waals surface area contributed by atoms with E-state index in [9.17, 15) is 18.4 Å². The van der Waals surface area contributed by atoms with Crippen LogP contribution in [0.5, 0.6) is 0 Å². The average molecular weight is 396 g/mol. The lowest BCUT2D eigenvalue weighted by Gasteiger charge is -2.26. The molecule has 2 aliphatic heterocycles. The zero-order chi connectivity index (χ0) is 20.1. The minimum Gasteiger partial charge on any atom is -0.383 e. The first kappa shape index (κ1) is 20.5. The first-order chi connectivity index (χ1) is 13.5. The number of urea groups is 1. The maximum Gasteiger partial charge on any atom is 0.321 e. The van der Waals surface area contributed by atoms with Gasteiger partial charge < -0.3 is 19.9 Å². The zero-order valence-corrected chi connectivity index (χ0v) is 16.0. The number of rotatable bonds is 5. The quantitative estimate of drug-likeness (QED) is 0.824. The van der Waals surface area contributed by atoms with Crippen LogP contribution in [-0.4, -0.2) is 85.7 Å². The third kappa shape index (κ3) is 4.77. The predicted molar refractivity (Wildman–Crippen MR) is 100 cm³/mol. The lowest BCUT2D eigenvalue weighted by atomic mass is 10.2. The van der Waals surface area contributed by atoms with Gasteiger partial charge in [-0.15, -0.1) is 0 Å². The summed E-state index contributed by atoms with van der Waals surface area (Å²) >= 11 is 0. The second kappa shape index (κ2) is 9.29. The van der Waals surface area contributed by atoms with Crippen molar-refractivity contribution in [3.05, 3.63) is 29.8 Å². The summed E-state index contributed by atoms with van der Waals surface area (Å²) in [5.74, 6) is -1.19. The van der Waals surface area contributed by atoms with Gasteiger partial charge in [0.1, 0.15) is 11.6 Å². The maximum atomic E-state index is 13.8. The molecule has 2 saturated heterocycles. The molecule has 7 nitrogen and oxygen atoms in total. The Bertz CT molecular complexity index is 718. The minimum atomic E-state index is -0.682. The number of anilines is 1. The lowest BCUT2D eigenvalue weighted by Crippen LogP contribution is -2.44. The number of carbonyl (C=O) groups excluding carboxylic acids is 2. The van der Waals surface area contributed by atoms with E-state index in [1.807, 2.05) is 4.90 Å². The Morgan fingerprint density at radius 2 is 2.04 bits per heavy atom. The van der Waals surface area contributed by atoms with Crippen LogP contribution in [0.15, 0.2) is 18.2 Å². The number of nitrogens with zero attached hydrogens (tertiary/aromatic N) is 3. The van der Waals surface area contributed by atoms with Gasteiger partial charge in [-0.05, 0) is 25.0 Å². The van der Waals surface area contributed by atoms with E-state index >= 15 is 0 Å². The van der Waals surface area contributed by atoms with Crippen LogP contribution < -0.4 is 5.32 Å². The number of methoxy groups -OCH3 is 1. The maximum absolute atomic E-state index is 13.8. The van der Waals surface area contributed by atoms with Crippen molar-refractivity contribution in [2.45, 2.75) is 18.9 Å². The topological polar surface area (TPSA) is 65.1 Å². The molecule has 9 heteroatoms. The van der Waals surface area contributed by atoms with Crippen LogP contribution in [0, 0.1) is 11.6 Å². The third-order valence-electron chi connectivity index (χ3n) is 5.26. The van der Waals surface area contributed by atoms with Crippen molar-refractivity contribution >= 4 is 17.6 Å². The number of likely N-dealkylation sites (tertiary alicyclic amines) is 1. The van der Waals surface area contributed by atoms with E-state index in [0.717, 1.165) is 24.6 Å². The SMILES string of the molecule is COCCN1CC[C@@H](N2CCCN(C(=O)Nc3cc(F)ccc3F)CC2)C1=O. The number of ether oxygens (including phenoxy) is 1. The molecule has 0 bridgehead atoms. The molecule has 1 atom stereocenters. The number of nitrogens with one attached hydrogen (secondary N) is 1. The van der Waals surface area contributed by atoms with Crippen LogP contribution in [-0.2, 0) is 9.53 Å². The average Bonchev–Trinajstić information content (AvgIpc) is 2.88. The minimum absolute atomic E-state index is 0.108. The van der Waals surface area contributed by atoms with Gasteiger partial charge in [-0.25, -0.2) is 13.6 Å². The third-order valence-corrected chi connectivity index (χ3v) is 5.26. The number of amides is 3. The molecule has 0 spiro atoms. The van der Waals surface area contributed by atoms with Crippen LogP contribution in [0.1, 0.15) is 12.8 Å². The summed E-state index contributed by atoms with van der Waals surface area (Å²) in [7, 11) is 1.61. The Morgan fingerprint density at radius 3 is 2.82 bits per heavy atom. The molecule has 1 aromatic rings. The Kier molecular flexibility index (Phi) is 6.79. The molecule has 2 heterocycles. The first-order valence-electron chi connectivity index (χ1n) is 9.52. The summed E-state index contributed by atoms with van der Waals surface area (Å²) in [6.45, 7) is 4.02. The lowest BCUT2D eigenvalue weighted by molar-refractivity contribution is -0.132. The molecule has 3 amide bonds. The zero-order valence-electron chi connectivity index (χ0n) is 16.0. The summed E-state index contributed by atoms with van der Waals surface area (Å²) < 4.78 is 32.1. The molecule has 0 radical (unpaired) electrons. The molecule has 0 aliphatic carbocycles. The second-order valence-corrected chi connectivity index (χ2v) is 7.05. The summed E-state index contributed by atoms with van der Waals surface area (Å²) in [4.78, 5) is 30.6. The largest absolute Gasteiger partial charge is 0.383 e. The predicted octanol–water partition coefficient (Wildman–Crippen LogP) is 1.75. The normalized spacial score (nSPS) is 21.1. The number of halogens is 2. The van der Waals surface area contributed by atoms with Crippen LogP contribution >= 0.6 is 0 Å². The van der Waals surface area contributed by atoms with E-state index in [0.29, 0.717) is 52.3 Å². The highest BCUT2D eigenvalue weighted by Gasteiger charge is 2.36. The van der Waals surface area contributed by atoms with Crippen molar-refractivity contribution in [1.82, 2.24) is 14.7 Å². The van der Waals surface area contributed by atoms with Gasteiger partial charge in [0.2, 0.25) is 5.91 Å². The fourth-order valence-corrected chi connectivity index (χ4v) is 3.72. The molecule has 2 aliphatic rings. The van der Waals surface area contributed by atoms with Gasteiger partial charge in [-0.3, -0.25) is 9.69 Å². The van der Waals surface area contributed by atoms with Crippen molar-refractivity contribution in [3.63, 3.8) is 0 Å². The summed E-state index contributed by atoms with van der Waals surface area (Å²) in [6, 6.07) is 2.31. The van der Waals surface area contributed by atoms with E-state index < -0.39 is 17.7 Å². The van der Waals surface area contributed by atoms with Gasteiger partial charge >= 0.3 is 6.03 Å². The monoisotopic (exact) mass is 396 g/mol. The summed E-state index contributed by atoms with van der Waals surface area (Å²) in [6.07, 6.45) is 1.48. The van der Waals surface area contributed by atoms with E-state index in [1.54, 1.807) is 12.0 Å². The molecule has 0 saturated carbocycles. The first-order valence-corrected chi connectivity index (χ1v) is 9.52. The van der Waals surface area contributed by atoms with Gasteiger partial charge in [0.25, 0.3) is 0 Å². The van der Waals surface area contributed by atoms with Crippen LogP contribution in [0.25, 0.3) is 0 Å². The van der Waals surface area contributed by atoms with Crippen molar-refractivity contribution < 1.29 is 23.1 Å². The molecule has 3 rings (SSSR count). The Morgan fingerprint density at radius 1 is 1.21 bits per heavy atom. The van der Waals surface area contributed by atoms with E-state index in [2.05, 4.69) is 10.2 Å². The number of benzene rings is 1. The van der Waals surface area contributed by atoms with Gasteiger partial charge in [0, 0.05) is 52.4 Å². The Labute approximate surface area is 163 Å². The van der Waals surface area contributed by atoms with Gasteiger partial charge in [0.05, 0.1) is 18.3 Å². The molecule has 0 unspecified atom stereocenters. The molecule has 0 aromatic heterocycles. The smallest absolute Gasteiger partial charge is 0.321 e. The van der Waals surface area contributed by atoms with Crippen LogP contribution in [0.4, 0.5) is 19.3 Å². The van der Waals surface area contributed by atoms with E-state index in [1.165, 1.54) is 0 Å². The van der Waals surface area contributed by atoms with Gasteiger partial charge in [-0.2, -0.15) is 0 Å². The summed E-state index contributed by atoms with van der Waals surface area (Å²) in [5, 5.41) is 2.44. The van der Waals surface area contributed by atoms with Crippen molar-refractivity contribution in [2.75, 3.05) is 58.3 Å². The number of hydrogen-bond acceptors (Lipinski definition) is 4. The second-order valence-electron chi connectivity index (χ2n) is 7.05. The highest BCUT2D eigenvalue weighted by atomic mass is 19.1. The molecule has 1 aromatic carbocycles. The van der Waals surface area contributed by atoms with Crippen molar-refractivity contribution in [3.8, 4) is 0 Å².